The largest absolute Gasteiger partial charge is 0.263 e. The number of pyridine rings is 1. The Morgan fingerprint density at radius 3 is 2.58 bits per heavy atom. The molecule has 0 spiro atoms. The van der Waals surface area contributed by atoms with Crippen molar-refractivity contribution in [2.24, 2.45) is 5.92 Å². The first kappa shape index (κ1) is 10.3. The molecule has 0 aromatic carbocycles. The molecule has 1 aromatic rings. The third-order valence-electron chi connectivity index (χ3n) is 1.63. The standard InChI is InChI=1S/C9H11ClIN/c1-6(2)9(10)7-3-8(11)5-12-4-7/h3-6,9H,1-2H3/t9-/m1/s1. The van der Waals surface area contributed by atoms with E-state index in [9.17, 15) is 0 Å². The average molecular weight is 296 g/mol. The van der Waals surface area contributed by atoms with Gasteiger partial charge in [-0.3, -0.25) is 4.98 Å². The van der Waals surface area contributed by atoms with Crippen LogP contribution in [0.4, 0.5) is 0 Å². The lowest BCUT2D eigenvalue weighted by molar-refractivity contribution is 0.622. The van der Waals surface area contributed by atoms with E-state index in [-0.39, 0.29) is 5.38 Å². The van der Waals surface area contributed by atoms with E-state index in [1.807, 2.05) is 12.4 Å². The van der Waals surface area contributed by atoms with E-state index in [0.29, 0.717) is 5.92 Å². The number of nitrogens with zero attached hydrogens (tertiary/aromatic N) is 1. The molecule has 0 fully saturated rings. The second-order valence-electron chi connectivity index (χ2n) is 3.08. The summed E-state index contributed by atoms with van der Waals surface area (Å²) < 4.78 is 1.14. The van der Waals surface area contributed by atoms with Crippen LogP contribution in [0, 0.1) is 9.49 Å². The first-order chi connectivity index (χ1) is 5.61. The summed E-state index contributed by atoms with van der Waals surface area (Å²) in [6.07, 6.45) is 3.66. The van der Waals surface area contributed by atoms with Gasteiger partial charge < -0.3 is 0 Å². The van der Waals surface area contributed by atoms with Crippen molar-refractivity contribution in [2.45, 2.75) is 19.2 Å². The maximum absolute atomic E-state index is 6.17. The van der Waals surface area contributed by atoms with Crippen molar-refractivity contribution in [2.75, 3.05) is 0 Å². The molecule has 0 aliphatic rings. The Morgan fingerprint density at radius 1 is 1.42 bits per heavy atom. The van der Waals surface area contributed by atoms with Crippen LogP contribution in [-0.2, 0) is 0 Å². The maximum Gasteiger partial charge on any atom is 0.0623 e. The fourth-order valence-electron chi connectivity index (χ4n) is 0.964. The Labute approximate surface area is 91.7 Å². The summed E-state index contributed by atoms with van der Waals surface area (Å²) in [5.74, 6) is 0.451. The molecule has 1 atom stereocenters. The molecular weight excluding hydrogens is 284 g/mol. The van der Waals surface area contributed by atoms with Gasteiger partial charge in [0.2, 0.25) is 0 Å². The van der Waals surface area contributed by atoms with Crippen LogP contribution in [-0.4, -0.2) is 4.98 Å². The van der Waals surface area contributed by atoms with E-state index >= 15 is 0 Å². The summed E-state index contributed by atoms with van der Waals surface area (Å²) >= 11 is 8.41. The number of aromatic nitrogens is 1. The van der Waals surface area contributed by atoms with Crippen LogP contribution in [0.3, 0.4) is 0 Å². The lowest BCUT2D eigenvalue weighted by Gasteiger charge is -2.12. The summed E-state index contributed by atoms with van der Waals surface area (Å²) in [4.78, 5) is 4.10. The highest BCUT2D eigenvalue weighted by Gasteiger charge is 2.12. The fraction of sp³-hybridized carbons (Fsp3) is 0.444. The van der Waals surface area contributed by atoms with Crippen molar-refractivity contribution in [3.8, 4) is 0 Å². The zero-order valence-electron chi connectivity index (χ0n) is 7.09. The fourth-order valence-corrected chi connectivity index (χ4v) is 1.60. The second-order valence-corrected chi connectivity index (χ2v) is 4.80. The van der Waals surface area contributed by atoms with Gasteiger partial charge in [0.05, 0.1) is 5.38 Å². The molecule has 1 heterocycles. The number of alkyl halides is 1. The Balaban J connectivity index is 2.88. The van der Waals surface area contributed by atoms with Crippen molar-refractivity contribution in [3.05, 3.63) is 27.6 Å². The molecular formula is C9H11ClIN. The van der Waals surface area contributed by atoms with Gasteiger partial charge in [-0.15, -0.1) is 11.6 Å². The summed E-state index contributed by atoms with van der Waals surface area (Å²) in [6.45, 7) is 4.22. The zero-order valence-corrected chi connectivity index (χ0v) is 10.0. The van der Waals surface area contributed by atoms with Crippen LogP contribution in [0.1, 0.15) is 24.8 Å². The molecule has 0 radical (unpaired) electrons. The molecule has 0 unspecified atom stereocenters. The number of rotatable bonds is 2. The highest BCUT2D eigenvalue weighted by Crippen LogP contribution is 2.28. The predicted molar refractivity (Wildman–Crippen MR) is 60.4 cm³/mol. The smallest absolute Gasteiger partial charge is 0.0623 e. The molecule has 0 N–H and O–H groups in total. The van der Waals surface area contributed by atoms with E-state index in [1.54, 1.807) is 0 Å². The molecule has 1 aromatic heterocycles. The maximum atomic E-state index is 6.17. The molecule has 3 heteroatoms. The van der Waals surface area contributed by atoms with Crippen LogP contribution in [0.25, 0.3) is 0 Å². The summed E-state index contributed by atoms with van der Waals surface area (Å²) in [6, 6.07) is 2.07. The van der Waals surface area contributed by atoms with Crippen molar-refractivity contribution in [3.63, 3.8) is 0 Å². The SMILES string of the molecule is CC(C)[C@@H](Cl)c1cncc(I)c1. The van der Waals surface area contributed by atoms with E-state index in [1.165, 1.54) is 0 Å². The van der Waals surface area contributed by atoms with E-state index in [2.05, 4.69) is 47.5 Å². The number of hydrogen-bond acceptors (Lipinski definition) is 1. The van der Waals surface area contributed by atoms with Gasteiger partial charge >= 0.3 is 0 Å². The summed E-state index contributed by atoms with van der Waals surface area (Å²) in [7, 11) is 0. The molecule has 0 aliphatic carbocycles. The minimum absolute atomic E-state index is 0.0761. The van der Waals surface area contributed by atoms with Crippen LogP contribution in [0.15, 0.2) is 18.5 Å². The molecule has 0 saturated heterocycles. The van der Waals surface area contributed by atoms with Crippen LogP contribution >= 0.6 is 34.2 Å². The minimum Gasteiger partial charge on any atom is -0.263 e. The topological polar surface area (TPSA) is 12.9 Å². The molecule has 66 valence electrons. The van der Waals surface area contributed by atoms with Gasteiger partial charge in [0, 0.05) is 16.0 Å². The molecule has 0 amide bonds. The zero-order chi connectivity index (χ0) is 9.14. The van der Waals surface area contributed by atoms with Gasteiger partial charge in [-0.1, -0.05) is 13.8 Å². The Bertz CT molecular complexity index is 262. The minimum atomic E-state index is 0.0761. The van der Waals surface area contributed by atoms with Crippen LogP contribution in [0.2, 0.25) is 0 Å². The molecule has 0 saturated carbocycles. The third-order valence-corrected chi connectivity index (χ3v) is 2.98. The Morgan fingerprint density at radius 2 is 2.08 bits per heavy atom. The highest BCUT2D eigenvalue weighted by molar-refractivity contribution is 14.1. The first-order valence-corrected chi connectivity index (χ1v) is 5.37. The summed E-state index contributed by atoms with van der Waals surface area (Å²) in [5, 5.41) is 0.0761. The lowest BCUT2D eigenvalue weighted by Crippen LogP contribution is -1.99. The quantitative estimate of drug-likeness (QED) is 0.600. The molecule has 1 nitrogen and oxygen atoms in total. The summed E-state index contributed by atoms with van der Waals surface area (Å²) in [5.41, 5.74) is 1.11. The average Bonchev–Trinajstić information content (AvgIpc) is 2.03. The van der Waals surface area contributed by atoms with Gasteiger partial charge in [0.15, 0.2) is 0 Å². The van der Waals surface area contributed by atoms with E-state index < -0.39 is 0 Å². The van der Waals surface area contributed by atoms with Crippen LogP contribution < -0.4 is 0 Å². The number of hydrogen-bond donors (Lipinski definition) is 0. The molecule has 0 aliphatic heterocycles. The van der Waals surface area contributed by atoms with E-state index in [0.717, 1.165) is 9.13 Å². The molecule has 0 bridgehead atoms. The van der Waals surface area contributed by atoms with Gasteiger partial charge in [0.1, 0.15) is 0 Å². The van der Waals surface area contributed by atoms with E-state index in [4.69, 9.17) is 11.6 Å². The second kappa shape index (κ2) is 4.42. The van der Waals surface area contributed by atoms with Crippen molar-refractivity contribution >= 4 is 34.2 Å². The third kappa shape index (κ3) is 2.59. The van der Waals surface area contributed by atoms with Crippen molar-refractivity contribution < 1.29 is 0 Å². The lowest BCUT2D eigenvalue weighted by atomic mass is 10.0. The van der Waals surface area contributed by atoms with Crippen molar-refractivity contribution in [1.29, 1.82) is 0 Å². The van der Waals surface area contributed by atoms with Gasteiger partial charge in [-0.05, 0) is 40.1 Å². The highest BCUT2D eigenvalue weighted by atomic mass is 127. The van der Waals surface area contributed by atoms with Crippen molar-refractivity contribution in [1.82, 2.24) is 4.98 Å². The van der Waals surface area contributed by atoms with Gasteiger partial charge in [-0.2, -0.15) is 0 Å². The predicted octanol–water partition coefficient (Wildman–Crippen LogP) is 3.62. The monoisotopic (exact) mass is 295 g/mol. The molecule has 12 heavy (non-hydrogen) atoms. The Kier molecular flexibility index (Phi) is 3.77. The first-order valence-electron chi connectivity index (χ1n) is 3.86. The molecule has 1 rings (SSSR count). The number of halogens is 2. The van der Waals surface area contributed by atoms with Crippen LogP contribution in [0.5, 0.6) is 0 Å². The normalized spacial score (nSPS) is 13.4. The van der Waals surface area contributed by atoms with Gasteiger partial charge in [0.25, 0.3) is 0 Å². The Hall–Kier alpha value is 0.170. The van der Waals surface area contributed by atoms with Gasteiger partial charge in [-0.25, -0.2) is 0 Å².